The summed E-state index contributed by atoms with van der Waals surface area (Å²) in [5, 5.41) is 10.3. The fourth-order valence-electron chi connectivity index (χ4n) is 2.15. The van der Waals surface area contributed by atoms with Gasteiger partial charge < -0.3 is 0 Å². The smallest absolute Gasteiger partial charge is 0.268 e. The highest BCUT2D eigenvalue weighted by molar-refractivity contribution is 8.18. The highest BCUT2D eigenvalue weighted by Gasteiger charge is 2.34. The van der Waals surface area contributed by atoms with E-state index in [9.17, 15) is 19.7 Å². The minimum Gasteiger partial charge on any atom is -0.268 e. The first-order valence-corrected chi connectivity index (χ1v) is 7.75. The molecule has 8 heteroatoms. The number of imide groups is 1. The van der Waals surface area contributed by atoms with Gasteiger partial charge in [-0.25, -0.2) is 0 Å². The standard InChI is InChI=1S/C16H11N3O4S/c20-15-14(9-11-5-7-17-8-6-11)24-16(21)18(15)10-12-1-3-13(4-2-12)19(22)23/h1-9H,10H2/b14-9+. The van der Waals surface area contributed by atoms with Crippen molar-refractivity contribution in [1.82, 2.24) is 9.88 Å². The van der Waals surface area contributed by atoms with Crippen molar-refractivity contribution in [2.45, 2.75) is 6.54 Å². The summed E-state index contributed by atoms with van der Waals surface area (Å²) in [6.45, 7) is 0.0797. The van der Waals surface area contributed by atoms with Crippen LogP contribution in [0.3, 0.4) is 0 Å². The number of carbonyl (C=O) groups is 2. The number of carbonyl (C=O) groups excluding carboxylic acids is 2. The Hall–Kier alpha value is -3.00. The van der Waals surface area contributed by atoms with Crippen molar-refractivity contribution < 1.29 is 14.5 Å². The van der Waals surface area contributed by atoms with Crippen LogP contribution in [0.15, 0.2) is 53.7 Å². The Bertz CT molecular complexity index is 834. The summed E-state index contributed by atoms with van der Waals surface area (Å²) in [5.74, 6) is -0.375. The molecule has 2 aromatic rings. The van der Waals surface area contributed by atoms with Gasteiger partial charge >= 0.3 is 0 Å². The fourth-order valence-corrected chi connectivity index (χ4v) is 2.99. The van der Waals surface area contributed by atoms with Gasteiger partial charge in [0.1, 0.15) is 0 Å². The van der Waals surface area contributed by atoms with Gasteiger partial charge in [-0.05, 0) is 41.1 Å². The molecule has 0 radical (unpaired) electrons. The van der Waals surface area contributed by atoms with Crippen molar-refractivity contribution in [2.24, 2.45) is 0 Å². The molecular weight excluding hydrogens is 330 g/mol. The van der Waals surface area contributed by atoms with Gasteiger partial charge in [0.25, 0.3) is 16.8 Å². The molecule has 1 aromatic carbocycles. The van der Waals surface area contributed by atoms with Gasteiger partial charge in [-0.2, -0.15) is 0 Å². The van der Waals surface area contributed by atoms with E-state index < -0.39 is 4.92 Å². The van der Waals surface area contributed by atoms with E-state index >= 15 is 0 Å². The van der Waals surface area contributed by atoms with E-state index in [-0.39, 0.29) is 23.4 Å². The third-order valence-electron chi connectivity index (χ3n) is 3.37. The van der Waals surface area contributed by atoms with Crippen molar-refractivity contribution in [3.05, 3.63) is 74.9 Å². The van der Waals surface area contributed by atoms with Crippen molar-refractivity contribution in [2.75, 3.05) is 0 Å². The van der Waals surface area contributed by atoms with Gasteiger partial charge in [-0.3, -0.25) is 29.6 Å². The number of aromatic nitrogens is 1. The number of nitrogens with zero attached hydrogens (tertiary/aromatic N) is 3. The summed E-state index contributed by atoms with van der Waals surface area (Å²) >= 11 is 0.874. The van der Waals surface area contributed by atoms with Crippen LogP contribution in [0.1, 0.15) is 11.1 Å². The normalized spacial score (nSPS) is 16.0. The summed E-state index contributed by atoms with van der Waals surface area (Å²) in [6.07, 6.45) is 4.85. The molecule has 1 aromatic heterocycles. The minimum absolute atomic E-state index is 0.0366. The van der Waals surface area contributed by atoms with Gasteiger partial charge in [0.05, 0.1) is 16.4 Å². The molecule has 0 atom stereocenters. The van der Waals surface area contributed by atoms with Crippen LogP contribution in [-0.2, 0) is 11.3 Å². The van der Waals surface area contributed by atoms with Crippen LogP contribution in [0.4, 0.5) is 10.5 Å². The molecule has 24 heavy (non-hydrogen) atoms. The molecule has 1 aliphatic rings. The fraction of sp³-hybridized carbons (Fsp3) is 0.0625. The first kappa shape index (κ1) is 15.9. The minimum atomic E-state index is -0.499. The molecule has 0 bridgehead atoms. The van der Waals surface area contributed by atoms with Crippen molar-refractivity contribution in [3.8, 4) is 0 Å². The van der Waals surface area contributed by atoms with E-state index in [0.717, 1.165) is 22.2 Å². The zero-order valence-electron chi connectivity index (χ0n) is 12.3. The van der Waals surface area contributed by atoms with E-state index in [1.807, 2.05) is 0 Å². The Morgan fingerprint density at radius 3 is 2.42 bits per heavy atom. The lowest BCUT2D eigenvalue weighted by Gasteiger charge is -2.12. The lowest BCUT2D eigenvalue weighted by molar-refractivity contribution is -0.384. The molecule has 3 rings (SSSR count). The van der Waals surface area contributed by atoms with Crippen molar-refractivity contribution in [1.29, 1.82) is 0 Å². The van der Waals surface area contributed by atoms with E-state index in [1.165, 1.54) is 24.3 Å². The zero-order chi connectivity index (χ0) is 17.1. The van der Waals surface area contributed by atoms with E-state index in [0.29, 0.717) is 10.5 Å². The predicted molar refractivity (Wildman–Crippen MR) is 88.8 cm³/mol. The maximum Gasteiger partial charge on any atom is 0.293 e. The van der Waals surface area contributed by atoms with Crippen LogP contribution in [0.2, 0.25) is 0 Å². The summed E-state index contributed by atoms with van der Waals surface area (Å²) < 4.78 is 0. The average Bonchev–Trinajstić information content (AvgIpc) is 2.84. The van der Waals surface area contributed by atoms with Gasteiger partial charge in [0.2, 0.25) is 0 Å². The molecule has 1 aliphatic heterocycles. The molecule has 0 saturated carbocycles. The van der Waals surface area contributed by atoms with Gasteiger partial charge in [-0.1, -0.05) is 12.1 Å². The first-order chi connectivity index (χ1) is 11.5. The Balaban J connectivity index is 1.77. The first-order valence-electron chi connectivity index (χ1n) is 6.93. The third kappa shape index (κ3) is 3.33. The highest BCUT2D eigenvalue weighted by Crippen LogP contribution is 2.33. The van der Waals surface area contributed by atoms with Crippen molar-refractivity contribution in [3.63, 3.8) is 0 Å². The Morgan fingerprint density at radius 1 is 1.12 bits per heavy atom. The molecule has 120 valence electrons. The third-order valence-corrected chi connectivity index (χ3v) is 4.27. The number of hydrogen-bond acceptors (Lipinski definition) is 6. The lowest BCUT2D eigenvalue weighted by Crippen LogP contribution is -2.27. The Morgan fingerprint density at radius 2 is 1.79 bits per heavy atom. The number of pyridine rings is 1. The second-order valence-corrected chi connectivity index (χ2v) is 5.97. The monoisotopic (exact) mass is 341 g/mol. The molecule has 7 nitrogen and oxygen atoms in total. The number of amides is 2. The number of non-ortho nitro benzene ring substituents is 1. The van der Waals surface area contributed by atoms with Crippen molar-refractivity contribution >= 4 is 34.7 Å². The van der Waals surface area contributed by atoms with Crippen LogP contribution in [0.5, 0.6) is 0 Å². The van der Waals surface area contributed by atoms with Gasteiger partial charge in [0, 0.05) is 24.5 Å². The molecule has 1 saturated heterocycles. The van der Waals surface area contributed by atoms with Gasteiger partial charge in [-0.15, -0.1) is 0 Å². The number of nitro benzene ring substituents is 1. The summed E-state index contributed by atoms with van der Waals surface area (Å²) in [7, 11) is 0. The van der Waals surface area contributed by atoms with Crippen LogP contribution in [-0.4, -0.2) is 26.0 Å². The van der Waals surface area contributed by atoms with E-state index in [2.05, 4.69) is 4.98 Å². The molecule has 2 amide bonds. The highest BCUT2D eigenvalue weighted by atomic mass is 32.2. The number of nitro groups is 1. The molecule has 0 unspecified atom stereocenters. The number of thioether (sulfide) groups is 1. The molecule has 0 spiro atoms. The lowest BCUT2D eigenvalue weighted by atomic mass is 10.2. The Labute approximate surface area is 141 Å². The van der Waals surface area contributed by atoms with Crippen LogP contribution < -0.4 is 0 Å². The summed E-state index contributed by atoms with van der Waals surface area (Å²) in [5.41, 5.74) is 1.39. The number of rotatable bonds is 4. The summed E-state index contributed by atoms with van der Waals surface area (Å²) in [4.78, 5) is 40.0. The predicted octanol–water partition coefficient (Wildman–Crippen LogP) is 3.23. The SMILES string of the molecule is O=C1S/C(=C/c2ccncc2)C(=O)N1Cc1ccc([N+](=O)[O-])cc1. The second kappa shape index (κ2) is 6.63. The molecule has 0 N–H and O–H groups in total. The maximum atomic E-state index is 12.4. The molecule has 0 aliphatic carbocycles. The van der Waals surface area contributed by atoms with E-state index in [1.54, 1.807) is 30.6 Å². The Kier molecular flexibility index (Phi) is 4.39. The second-order valence-electron chi connectivity index (χ2n) is 4.97. The van der Waals surface area contributed by atoms with Crippen LogP contribution in [0.25, 0.3) is 6.08 Å². The van der Waals surface area contributed by atoms with E-state index in [4.69, 9.17) is 0 Å². The van der Waals surface area contributed by atoms with Crippen LogP contribution >= 0.6 is 11.8 Å². The number of benzene rings is 1. The molecule has 1 fully saturated rings. The molecular formula is C16H11N3O4S. The van der Waals surface area contributed by atoms with Crippen LogP contribution in [0, 0.1) is 10.1 Å². The number of hydrogen-bond donors (Lipinski definition) is 0. The largest absolute Gasteiger partial charge is 0.293 e. The summed E-state index contributed by atoms with van der Waals surface area (Å²) in [6, 6.07) is 9.25. The topological polar surface area (TPSA) is 93.4 Å². The molecule has 2 heterocycles. The van der Waals surface area contributed by atoms with Gasteiger partial charge in [0.15, 0.2) is 0 Å². The maximum absolute atomic E-state index is 12.4. The average molecular weight is 341 g/mol. The zero-order valence-corrected chi connectivity index (χ0v) is 13.1. The quantitative estimate of drug-likeness (QED) is 0.481.